The van der Waals surface area contributed by atoms with Crippen molar-refractivity contribution in [2.24, 2.45) is 0 Å². The number of rotatable bonds is 15. The van der Waals surface area contributed by atoms with Crippen LogP contribution in [0.1, 0.15) is 54.4 Å². The molecule has 1 N–H and O–H groups in total. The van der Waals surface area contributed by atoms with E-state index in [2.05, 4.69) is 52.7 Å². The fourth-order valence-corrected chi connectivity index (χ4v) is 6.07. The molecule has 0 saturated carbocycles. The number of carbonyl (C=O) groups excluding carboxylic acids is 1. The predicted octanol–water partition coefficient (Wildman–Crippen LogP) is 5.66. The number of nitrogens with zero attached hydrogens (tertiary/aromatic N) is 1. The molecule has 2 unspecified atom stereocenters. The lowest BCUT2D eigenvalue weighted by Crippen LogP contribution is -2.41. The summed E-state index contributed by atoms with van der Waals surface area (Å²) in [7, 11) is 1.68. The van der Waals surface area contributed by atoms with Crippen LogP contribution in [0.3, 0.4) is 0 Å². The minimum absolute atomic E-state index is 0.0718. The van der Waals surface area contributed by atoms with Crippen molar-refractivity contribution in [2.75, 3.05) is 58.0 Å². The number of aryl methyl sites for hydroxylation is 1. The summed E-state index contributed by atoms with van der Waals surface area (Å²) in [6.07, 6.45) is 3.97. The van der Waals surface area contributed by atoms with Crippen molar-refractivity contribution in [2.45, 2.75) is 57.8 Å². The number of fused-ring (bicyclic) bond motifs is 1. The Balaban J connectivity index is 1.09. The molecule has 44 heavy (non-hydrogen) atoms. The SMILES string of the molecule is CCOC(=O)CN1CCCc2ccc(COC3CNCCC3c3ccc(OCCCOCc4ccccc4OC)cc3)cc21. The van der Waals surface area contributed by atoms with Crippen LogP contribution in [0.2, 0.25) is 0 Å². The molecule has 0 aromatic heterocycles. The normalized spacial score (nSPS) is 18.0. The summed E-state index contributed by atoms with van der Waals surface area (Å²) in [5.41, 5.74) is 5.85. The Bertz CT molecular complexity index is 1330. The van der Waals surface area contributed by atoms with Gasteiger partial charge in [-0.2, -0.15) is 0 Å². The van der Waals surface area contributed by atoms with Gasteiger partial charge in [-0.1, -0.05) is 42.5 Å². The van der Waals surface area contributed by atoms with Crippen molar-refractivity contribution < 1.29 is 28.5 Å². The lowest BCUT2D eigenvalue weighted by Gasteiger charge is -2.33. The van der Waals surface area contributed by atoms with Gasteiger partial charge in [0.25, 0.3) is 0 Å². The molecule has 0 bridgehead atoms. The third kappa shape index (κ3) is 8.74. The maximum absolute atomic E-state index is 12.2. The molecule has 2 atom stereocenters. The summed E-state index contributed by atoms with van der Waals surface area (Å²) in [4.78, 5) is 14.3. The molecule has 0 spiro atoms. The minimum atomic E-state index is -0.177. The summed E-state index contributed by atoms with van der Waals surface area (Å²) >= 11 is 0. The van der Waals surface area contributed by atoms with Crippen molar-refractivity contribution in [1.82, 2.24) is 5.32 Å². The minimum Gasteiger partial charge on any atom is -0.496 e. The Hall–Kier alpha value is -3.59. The van der Waals surface area contributed by atoms with E-state index in [9.17, 15) is 4.79 Å². The van der Waals surface area contributed by atoms with Crippen LogP contribution in [0.25, 0.3) is 0 Å². The van der Waals surface area contributed by atoms with Crippen molar-refractivity contribution in [3.63, 3.8) is 0 Å². The smallest absolute Gasteiger partial charge is 0.325 e. The Morgan fingerprint density at radius 3 is 2.73 bits per heavy atom. The van der Waals surface area contributed by atoms with Gasteiger partial charge in [0.15, 0.2) is 0 Å². The quantitative estimate of drug-likeness (QED) is 0.176. The molecule has 0 amide bonds. The number of nitrogens with one attached hydrogen (secondary N) is 1. The number of methoxy groups -OCH3 is 1. The second-order valence-electron chi connectivity index (χ2n) is 11.4. The Labute approximate surface area is 261 Å². The fourth-order valence-electron chi connectivity index (χ4n) is 6.07. The molecule has 0 aliphatic carbocycles. The van der Waals surface area contributed by atoms with E-state index < -0.39 is 0 Å². The van der Waals surface area contributed by atoms with Gasteiger partial charge in [-0.05, 0) is 73.7 Å². The van der Waals surface area contributed by atoms with Gasteiger partial charge in [-0.15, -0.1) is 0 Å². The molecule has 3 aromatic rings. The first-order valence-electron chi connectivity index (χ1n) is 15.9. The Kier molecular flexibility index (Phi) is 11.9. The van der Waals surface area contributed by atoms with Gasteiger partial charge in [0.1, 0.15) is 18.0 Å². The molecule has 1 fully saturated rings. The second-order valence-corrected chi connectivity index (χ2v) is 11.4. The summed E-state index contributed by atoms with van der Waals surface area (Å²) in [5.74, 6) is 1.85. The van der Waals surface area contributed by atoms with E-state index in [1.807, 2.05) is 31.2 Å². The van der Waals surface area contributed by atoms with E-state index in [4.69, 9.17) is 23.7 Å². The summed E-state index contributed by atoms with van der Waals surface area (Å²) in [6, 6.07) is 22.9. The fraction of sp³-hybridized carbons (Fsp3) is 0.472. The monoisotopic (exact) mass is 602 g/mol. The lowest BCUT2D eigenvalue weighted by atomic mass is 9.87. The van der Waals surface area contributed by atoms with Crippen molar-refractivity contribution in [3.8, 4) is 11.5 Å². The molecule has 2 heterocycles. The van der Waals surface area contributed by atoms with Crippen LogP contribution in [0, 0.1) is 0 Å². The van der Waals surface area contributed by atoms with Crippen molar-refractivity contribution in [1.29, 1.82) is 0 Å². The van der Waals surface area contributed by atoms with Crippen LogP contribution >= 0.6 is 0 Å². The van der Waals surface area contributed by atoms with E-state index in [0.29, 0.717) is 39.0 Å². The summed E-state index contributed by atoms with van der Waals surface area (Å²) < 4.78 is 28.9. The van der Waals surface area contributed by atoms with Crippen molar-refractivity contribution >= 4 is 11.7 Å². The van der Waals surface area contributed by atoms with E-state index in [0.717, 1.165) is 73.6 Å². The zero-order chi connectivity index (χ0) is 30.6. The van der Waals surface area contributed by atoms with Gasteiger partial charge < -0.3 is 33.9 Å². The van der Waals surface area contributed by atoms with Crippen LogP contribution in [0.5, 0.6) is 11.5 Å². The number of anilines is 1. The van der Waals surface area contributed by atoms with E-state index in [1.54, 1.807) is 7.11 Å². The number of hydrogen-bond acceptors (Lipinski definition) is 8. The third-order valence-electron chi connectivity index (χ3n) is 8.34. The molecule has 2 aliphatic heterocycles. The average molecular weight is 603 g/mol. The molecule has 3 aromatic carbocycles. The molecule has 8 heteroatoms. The highest BCUT2D eigenvalue weighted by molar-refractivity contribution is 5.76. The summed E-state index contributed by atoms with van der Waals surface area (Å²) in [5, 5.41) is 3.51. The number of ether oxygens (including phenoxy) is 5. The number of esters is 1. The summed E-state index contributed by atoms with van der Waals surface area (Å²) in [6.45, 7) is 7.47. The standard InChI is InChI=1S/C36H46N2O6/c1-3-42-36(39)24-38-19-6-9-29-12-11-27(22-33(29)38)25-44-35-23-37-18-17-32(35)28-13-15-31(16-14-28)43-21-7-20-41-26-30-8-4-5-10-34(30)40-2/h4-5,8,10-16,22,32,35,37H,3,6-7,9,17-21,23-26H2,1-2H3. The van der Waals surface area contributed by atoms with Gasteiger partial charge >= 0.3 is 5.97 Å². The topological polar surface area (TPSA) is 78.5 Å². The van der Waals surface area contributed by atoms with Gasteiger partial charge in [0.2, 0.25) is 0 Å². The van der Waals surface area contributed by atoms with E-state index in [1.165, 1.54) is 11.1 Å². The molecule has 1 saturated heterocycles. The molecule has 5 rings (SSSR count). The maximum Gasteiger partial charge on any atom is 0.325 e. The van der Waals surface area contributed by atoms with E-state index >= 15 is 0 Å². The predicted molar refractivity (Wildman–Crippen MR) is 172 cm³/mol. The van der Waals surface area contributed by atoms with Gasteiger partial charge in [0, 0.05) is 36.7 Å². The zero-order valence-electron chi connectivity index (χ0n) is 26.1. The Morgan fingerprint density at radius 2 is 1.89 bits per heavy atom. The van der Waals surface area contributed by atoms with Gasteiger partial charge in [-0.25, -0.2) is 0 Å². The largest absolute Gasteiger partial charge is 0.496 e. The first-order valence-corrected chi connectivity index (χ1v) is 15.9. The van der Waals surface area contributed by atoms with Crippen molar-refractivity contribution in [3.05, 3.63) is 89.0 Å². The number of piperidine rings is 1. The number of carbonyl (C=O) groups is 1. The van der Waals surface area contributed by atoms with Crippen LogP contribution in [0.15, 0.2) is 66.7 Å². The third-order valence-corrected chi connectivity index (χ3v) is 8.34. The first kappa shape index (κ1) is 31.8. The highest BCUT2D eigenvalue weighted by Gasteiger charge is 2.27. The number of benzene rings is 3. The van der Waals surface area contributed by atoms with Gasteiger partial charge in [0.05, 0.1) is 46.2 Å². The van der Waals surface area contributed by atoms with E-state index in [-0.39, 0.29) is 18.6 Å². The first-order chi connectivity index (χ1) is 21.6. The maximum atomic E-state index is 12.2. The van der Waals surface area contributed by atoms with Crippen LogP contribution in [0.4, 0.5) is 5.69 Å². The Morgan fingerprint density at radius 1 is 1.02 bits per heavy atom. The van der Waals surface area contributed by atoms with Gasteiger partial charge in [-0.3, -0.25) is 4.79 Å². The lowest BCUT2D eigenvalue weighted by molar-refractivity contribution is -0.141. The van der Waals surface area contributed by atoms with Crippen LogP contribution in [-0.2, 0) is 38.6 Å². The zero-order valence-corrected chi connectivity index (χ0v) is 26.1. The average Bonchev–Trinajstić information content (AvgIpc) is 3.06. The molecule has 8 nitrogen and oxygen atoms in total. The van der Waals surface area contributed by atoms with Crippen LogP contribution < -0.4 is 19.7 Å². The number of hydrogen-bond donors (Lipinski definition) is 1. The van der Waals surface area contributed by atoms with Crippen LogP contribution in [-0.4, -0.2) is 65.2 Å². The molecule has 2 aliphatic rings. The highest BCUT2D eigenvalue weighted by atomic mass is 16.5. The highest BCUT2D eigenvalue weighted by Crippen LogP contribution is 2.32. The number of para-hydroxylation sites is 1. The molecule has 0 radical (unpaired) electrons. The molecule has 236 valence electrons. The molecular weight excluding hydrogens is 556 g/mol. The second kappa shape index (κ2) is 16.5. The molecular formula is C36H46N2O6.